The molecule has 0 aromatic heterocycles. The van der Waals surface area contributed by atoms with E-state index in [1.54, 1.807) is 24.3 Å². The van der Waals surface area contributed by atoms with Crippen molar-refractivity contribution in [3.63, 3.8) is 0 Å². The third kappa shape index (κ3) is 4.19. The van der Waals surface area contributed by atoms with Crippen LogP contribution < -0.4 is 9.47 Å². The second kappa shape index (κ2) is 9.07. The van der Waals surface area contributed by atoms with Gasteiger partial charge in [0.2, 0.25) is 0 Å². The molecule has 0 fully saturated rings. The van der Waals surface area contributed by atoms with Crippen molar-refractivity contribution >= 4 is 5.78 Å². The lowest BCUT2D eigenvalue weighted by molar-refractivity contribution is 0.104. The zero-order chi connectivity index (χ0) is 24.4. The van der Waals surface area contributed by atoms with Crippen LogP contribution in [0.3, 0.4) is 0 Å². The Balaban J connectivity index is 1.89. The van der Waals surface area contributed by atoms with E-state index in [2.05, 4.69) is 0 Å². The average Bonchev–Trinajstić information content (AvgIpc) is 2.83. The highest BCUT2D eigenvalue weighted by Gasteiger charge is 2.22. The first-order valence-electron chi connectivity index (χ1n) is 10.3. The number of methoxy groups -OCH3 is 2. The SMILES string of the molecule is COc1ccc(-c2cc(O)ccc2C(=O)c2ccc(O)cc2-c2ccc(OC)cc2O)c(O)c1. The van der Waals surface area contributed by atoms with Crippen LogP contribution in [-0.4, -0.2) is 40.4 Å². The highest BCUT2D eigenvalue weighted by molar-refractivity contribution is 6.16. The topological polar surface area (TPSA) is 116 Å². The van der Waals surface area contributed by atoms with Gasteiger partial charge in [0.15, 0.2) is 5.78 Å². The van der Waals surface area contributed by atoms with Gasteiger partial charge in [-0.25, -0.2) is 0 Å². The molecule has 0 saturated heterocycles. The Kier molecular flexibility index (Phi) is 6.01. The highest BCUT2D eigenvalue weighted by atomic mass is 16.5. The summed E-state index contributed by atoms with van der Waals surface area (Å²) in [4.78, 5) is 13.8. The number of ketones is 1. The van der Waals surface area contributed by atoms with Crippen LogP contribution in [0, 0.1) is 0 Å². The Morgan fingerprint density at radius 1 is 0.559 bits per heavy atom. The molecule has 0 amide bonds. The van der Waals surface area contributed by atoms with Gasteiger partial charge in [-0.2, -0.15) is 0 Å². The molecule has 0 heterocycles. The number of phenols is 4. The number of benzene rings is 4. The first kappa shape index (κ1) is 22.5. The predicted molar refractivity (Wildman–Crippen MR) is 127 cm³/mol. The fraction of sp³-hybridized carbons (Fsp3) is 0.0741. The fourth-order valence-corrected chi connectivity index (χ4v) is 3.78. The second-order valence-corrected chi connectivity index (χ2v) is 7.56. The maximum atomic E-state index is 13.8. The maximum absolute atomic E-state index is 13.8. The van der Waals surface area contributed by atoms with Crippen LogP contribution in [-0.2, 0) is 0 Å². The van der Waals surface area contributed by atoms with Crippen molar-refractivity contribution in [2.75, 3.05) is 14.2 Å². The van der Waals surface area contributed by atoms with E-state index >= 15 is 0 Å². The molecule has 0 saturated carbocycles. The molecule has 4 rings (SSSR count). The molecule has 7 nitrogen and oxygen atoms in total. The van der Waals surface area contributed by atoms with Crippen LogP contribution >= 0.6 is 0 Å². The standard InChI is InChI=1S/C27H22O7/c1-33-17-5-9-19(25(30)13-17)23-11-15(28)3-7-21(23)27(32)22-8-4-16(29)12-24(22)20-10-6-18(34-2)14-26(20)31/h3-14,28-31H,1-2H3. The van der Waals surface area contributed by atoms with Gasteiger partial charge in [-0.1, -0.05) is 0 Å². The Morgan fingerprint density at radius 3 is 1.32 bits per heavy atom. The van der Waals surface area contributed by atoms with Crippen molar-refractivity contribution in [1.82, 2.24) is 0 Å². The van der Waals surface area contributed by atoms with Crippen molar-refractivity contribution in [2.24, 2.45) is 0 Å². The largest absolute Gasteiger partial charge is 0.508 e. The zero-order valence-corrected chi connectivity index (χ0v) is 18.4. The number of rotatable bonds is 6. The Hall–Kier alpha value is -4.65. The summed E-state index contributed by atoms with van der Waals surface area (Å²) in [6.45, 7) is 0. The molecule has 4 aromatic rings. The van der Waals surface area contributed by atoms with Gasteiger partial charge in [-0.05, 0) is 60.7 Å². The number of carbonyl (C=O) groups excluding carboxylic acids is 1. The molecular weight excluding hydrogens is 436 g/mol. The van der Waals surface area contributed by atoms with E-state index in [4.69, 9.17) is 9.47 Å². The van der Waals surface area contributed by atoms with Gasteiger partial charge < -0.3 is 29.9 Å². The average molecular weight is 458 g/mol. The van der Waals surface area contributed by atoms with Crippen LogP contribution in [0.15, 0.2) is 72.8 Å². The van der Waals surface area contributed by atoms with E-state index < -0.39 is 5.78 Å². The molecule has 34 heavy (non-hydrogen) atoms. The number of ether oxygens (including phenoxy) is 2. The maximum Gasteiger partial charge on any atom is 0.194 e. The monoisotopic (exact) mass is 458 g/mol. The lowest BCUT2D eigenvalue weighted by Crippen LogP contribution is -2.06. The molecule has 0 unspecified atom stereocenters. The van der Waals surface area contributed by atoms with E-state index in [0.717, 1.165) is 0 Å². The van der Waals surface area contributed by atoms with E-state index in [1.165, 1.54) is 62.8 Å². The summed E-state index contributed by atoms with van der Waals surface area (Å²) in [6, 6.07) is 17.7. The van der Waals surface area contributed by atoms with Crippen LogP contribution in [0.5, 0.6) is 34.5 Å². The van der Waals surface area contributed by atoms with E-state index in [-0.39, 0.29) is 34.1 Å². The predicted octanol–water partition coefficient (Wildman–Crippen LogP) is 5.09. The van der Waals surface area contributed by atoms with E-state index in [1.807, 2.05) is 0 Å². The van der Waals surface area contributed by atoms with Gasteiger partial charge in [-0.15, -0.1) is 0 Å². The summed E-state index contributed by atoms with van der Waals surface area (Å²) in [5.41, 5.74) is 1.68. The quantitative estimate of drug-likeness (QED) is 0.297. The van der Waals surface area contributed by atoms with Crippen LogP contribution in [0.4, 0.5) is 0 Å². The molecule has 4 N–H and O–H groups in total. The summed E-state index contributed by atoms with van der Waals surface area (Å²) in [6.07, 6.45) is 0. The minimum atomic E-state index is -0.435. The number of hydrogen-bond donors (Lipinski definition) is 4. The Labute approximate surface area is 195 Å². The molecule has 7 heteroatoms. The molecule has 172 valence electrons. The van der Waals surface area contributed by atoms with Gasteiger partial charge in [-0.3, -0.25) is 4.79 Å². The summed E-state index contributed by atoms with van der Waals surface area (Å²) in [5.74, 6) is 0.0158. The van der Waals surface area contributed by atoms with Crippen LogP contribution in [0.25, 0.3) is 22.3 Å². The lowest BCUT2D eigenvalue weighted by Gasteiger charge is -2.15. The van der Waals surface area contributed by atoms with Gasteiger partial charge in [0, 0.05) is 45.5 Å². The normalized spacial score (nSPS) is 10.6. The first-order chi connectivity index (χ1) is 16.3. The van der Waals surface area contributed by atoms with Crippen molar-refractivity contribution < 1.29 is 34.7 Å². The zero-order valence-electron chi connectivity index (χ0n) is 18.4. The van der Waals surface area contributed by atoms with Gasteiger partial charge >= 0.3 is 0 Å². The lowest BCUT2D eigenvalue weighted by atomic mass is 9.89. The second-order valence-electron chi connectivity index (χ2n) is 7.56. The van der Waals surface area contributed by atoms with Crippen molar-refractivity contribution in [1.29, 1.82) is 0 Å². The van der Waals surface area contributed by atoms with E-state index in [9.17, 15) is 25.2 Å². The minimum Gasteiger partial charge on any atom is -0.508 e. The molecule has 0 atom stereocenters. The third-order valence-corrected chi connectivity index (χ3v) is 5.49. The van der Waals surface area contributed by atoms with Crippen molar-refractivity contribution in [3.8, 4) is 56.8 Å². The third-order valence-electron chi connectivity index (χ3n) is 5.49. The molecular formula is C27H22O7. The van der Waals surface area contributed by atoms with Crippen LogP contribution in [0.2, 0.25) is 0 Å². The van der Waals surface area contributed by atoms with Crippen molar-refractivity contribution in [2.45, 2.75) is 0 Å². The minimum absolute atomic E-state index is 0.0829. The number of carbonyl (C=O) groups is 1. The van der Waals surface area contributed by atoms with Crippen molar-refractivity contribution in [3.05, 3.63) is 83.9 Å². The molecule has 0 spiro atoms. The smallest absolute Gasteiger partial charge is 0.194 e. The summed E-state index contributed by atoms with van der Waals surface area (Å²) >= 11 is 0. The van der Waals surface area contributed by atoms with Gasteiger partial charge in [0.25, 0.3) is 0 Å². The summed E-state index contributed by atoms with van der Waals surface area (Å²) < 4.78 is 10.3. The Bertz CT molecular complexity index is 1290. The first-order valence-corrected chi connectivity index (χ1v) is 10.3. The number of hydrogen-bond acceptors (Lipinski definition) is 7. The van der Waals surface area contributed by atoms with E-state index in [0.29, 0.717) is 33.8 Å². The number of aromatic hydroxyl groups is 4. The van der Waals surface area contributed by atoms with Gasteiger partial charge in [0.05, 0.1) is 14.2 Å². The molecule has 4 aromatic carbocycles. The molecule has 0 aliphatic heterocycles. The molecule has 0 aliphatic carbocycles. The van der Waals surface area contributed by atoms with Crippen LogP contribution in [0.1, 0.15) is 15.9 Å². The fourth-order valence-electron chi connectivity index (χ4n) is 3.78. The summed E-state index contributed by atoms with van der Waals surface area (Å²) in [5, 5.41) is 41.3. The Morgan fingerprint density at radius 2 is 0.971 bits per heavy atom. The molecule has 0 aliphatic rings. The molecule has 0 bridgehead atoms. The number of phenolic OH excluding ortho intramolecular Hbond substituents is 4. The highest BCUT2D eigenvalue weighted by Crippen LogP contribution is 2.40. The van der Waals surface area contributed by atoms with Gasteiger partial charge in [0.1, 0.15) is 34.5 Å². The summed E-state index contributed by atoms with van der Waals surface area (Å²) in [7, 11) is 2.94. The molecule has 0 radical (unpaired) electrons.